The first-order valence-electron chi connectivity index (χ1n) is 10.5. The number of halogens is 1. The highest BCUT2D eigenvalue weighted by Crippen LogP contribution is 2.20. The first kappa shape index (κ1) is 23.6. The summed E-state index contributed by atoms with van der Waals surface area (Å²) >= 11 is 0. The summed E-state index contributed by atoms with van der Waals surface area (Å²) in [7, 11) is 1.27. The molecular formula is C23H28FN3O5. The smallest absolute Gasteiger partial charge is 0.354 e. The Morgan fingerprint density at radius 2 is 1.81 bits per heavy atom. The molecule has 0 saturated carbocycles. The van der Waals surface area contributed by atoms with Crippen molar-refractivity contribution < 1.29 is 28.2 Å². The van der Waals surface area contributed by atoms with Gasteiger partial charge in [-0.2, -0.15) is 0 Å². The third kappa shape index (κ3) is 5.41. The summed E-state index contributed by atoms with van der Waals surface area (Å²) in [5.74, 6) is -1.64. The number of esters is 1. The number of Topliss-reactive ketones (excluding diaryl/α,β-unsaturated/α-hetero) is 1. The van der Waals surface area contributed by atoms with E-state index in [1.807, 2.05) is 0 Å². The molecule has 2 heterocycles. The van der Waals surface area contributed by atoms with Crippen LogP contribution in [0.5, 0.6) is 0 Å². The molecule has 1 aliphatic rings. The van der Waals surface area contributed by atoms with E-state index in [-0.39, 0.29) is 23.9 Å². The van der Waals surface area contributed by atoms with Gasteiger partial charge in [0.1, 0.15) is 11.5 Å². The number of nitrogens with zero attached hydrogens (tertiary/aromatic N) is 2. The summed E-state index contributed by atoms with van der Waals surface area (Å²) in [4.78, 5) is 44.9. The van der Waals surface area contributed by atoms with Gasteiger partial charge in [-0.05, 0) is 43.7 Å². The molecule has 3 rings (SSSR count). The summed E-state index contributed by atoms with van der Waals surface area (Å²) in [5, 5.41) is 0. The summed E-state index contributed by atoms with van der Waals surface area (Å²) in [6.45, 7) is 6.88. The maximum Gasteiger partial charge on any atom is 0.354 e. The number of benzene rings is 1. The first-order chi connectivity index (χ1) is 15.3. The van der Waals surface area contributed by atoms with Crippen LogP contribution in [0.3, 0.4) is 0 Å². The molecule has 1 saturated heterocycles. The van der Waals surface area contributed by atoms with E-state index in [2.05, 4.69) is 9.88 Å². The molecule has 0 spiro atoms. The fourth-order valence-corrected chi connectivity index (χ4v) is 3.84. The monoisotopic (exact) mass is 445 g/mol. The van der Waals surface area contributed by atoms with E-state index in [4.69, 9.17) is 9.47 Å². The lowest BCUT2D eigenvalue weighted by molar-refractivity contribution is 0.0323. The van der Waals surface area contributed by atoms with Crippen molar-refractivity contribution in [2.24, 2.45) is 0 Å². The van der Waals surface area contributed by atoms with Gasteiger partial charge in [-0.3, -0.25) is 14.5 Å². The minimum atomic E-state index is -0.559. The molecule has 1 amide bonds. The quantitative estimate of drug-likeness (QED) is 0.495. The van der Waals surface area contributed by atoms with Crippen LogP contribution in [0.15, 0.2) is 24.3 Å². The Kier molecular flexibility index (Phi) is 7.76. The third-order valence-corrected chi connectivity index (χ3v) is 5.61. The Hall–Kier alpha value is -3.04. The molecule has 8 nitrogen and oxygen atoms in total. The molecule has 1 fully saturated rings. The van der Waals surface area contributed by atoms with Gasteiger partial charge in [0.2, 0.25) is 0 Å². The van der Waals surface area contributed by atoms with E-state index < -0.39 is 11.8 Å². The number of nitrogens with one attached hydrogen (secondary N) is 1. The molecule has 0 atom stereocenters. The average Bonchev–Trinajstić information content (AvgIpc) is 3.10. The Morgan fingerprint density at radius 1 is 1.16 bits per heavy atom. The summed E-state index contributed by atoms with van der Waals surface area (Å²) in [5.41, 5.74) is 1.92. The molecule has 0 bridgehead atoms. The number of carbonyl (C=O) groups excluding carboxylic acids is 3. The highest BCUT2D eigenvalue weighted by Gasteiger charge is 2.26. The number of aryl methyl sites for hydroxylation is 1. The van der Waals surface area contributed by atoms with Crippen molar-refractivity contribution in [3.8, 4) is 0 Å². The summed E-state index contributed by atoms with van der Waals surface area (Å²) < 4.78 is 23.4. The number of methoxy groups -OCH3 is 1. The average molecular weight is 445 g/mol. The largest absolute Gasteiger partial charge is 0.464 e. The number of morpholine rings is 1. The lowest BCUT2D eigenvalue weighted by atomic mass is 10.0. The molecule has 0 unspecified atom stereocenters. The van der Waals surface area contributed by atoms with Crippen LogP contribution < -0.4 is 0 Å². The minimum absolute atomic E-state index is 0.166. The van der Waals surface area contributed by atoms with E-state index in [0.717, 1.165) is 13.1 Å². The number of ketones is 1. The van der Waals surface area contributed by atoms with E-state index in [9.17, 15) is 18.8 Å². The van der Waals surface area contributed by atoms with Crippen LogP contribution in [0.1, 0.15) is 42.5 Å². The second-order valence-electron chi connectivity index (χ2n) is 7.73. The number of H-pyrrole nitrogens is 1. The lowest BCUT2D eigenvalue weighted by Gasteiger charge is -2.30. The van der Waals surface area contributed by atoms with Crippen LogP contribution >= 0.6 is 0 Å². The molecular weight excluding hydrogens is 417 g/mol. The minimum Gasteiger partial charge on any atom is -0.464 e. The van der Waals surface area contributed by atoms with Crippen molar-refractivity contribution in [2.45, 2.75) is 13.8 Å². The summed E-state index contributed by atoms with van der Waals surface area (Å²) in [6.07, 6.45) is 0. The van der Waals surface area contributed by atoms with E-state index in [1.54, 1.807) is 13.8 Å². The standard InChI is InChI=1S/C23H28FN3O5/c1-15-20(16(2)25-21(15)23(30)31-3)19(28)14-27(9-8-26-10-12-32-13-11-26)22(29)17-4-6-18(24)7-5-17/h4-7,25H,8-14H2,1-3H3. The molecule has 1 aliphatic heterocycles. The van der Waals surface area contributed by atoms with Gasteiger partial charge in [0.15, 0.2) is 5.78 Å². The molecule has 1 aromatic carbocycles. The van der Waals surface area contributed by atoms with Gasteiger partial charge in [0.05, 0.1) is 26.9 Å². The molecule has 0 radical (unpaired) electrons. The zero-order chi connectivity index (χ0) is 23.3. The number of hydrogen-bond acceptors (Lipinski definition) is 6. The molecule has 0 aliphatic carbocycles. The second kappa shape index (κ2) is 10.5. The van der Waals surface area contributed by atoms with E-state index in [1.165, 1.54) is 36.3 Å². The van der Waals surface area contributed by atoms with Crippen molar-refractivity contribution in [2.75, 3.05) is 53.0 Å². The molecule has 2 aromatic rings. The lowest BCUT2D eigenvalue weighted by Crippen LogP contribution is -2.44. The highest BCUT2D eigenvalue weighted by atomic mass is 19.1. The SMILES string of the molecule is COC(=O)c1[nH]c(C)c(C(=O)CN(CCN2CCOCC2)C(=O)c2ccc(F)cc2)c1C. The Labute approximate surface area is 186 Å². The van der Waals surface area contributed by atoms with Crippen LogP contribution in [0.4, 0.5) is 4.39 Å². The number of amides is 1. The van der Waals surface area contributed by atoms with Gasteiger partial charge >= 0.3 is 5.97 Å². The molecule has 1 aromatic heterocycles. The summed E-state index contributed by atoms with van der Waals surface area (Å²) in [6, 6.07) is 5.26. The Balaban J connectivity index is 1.81. The van der Waals surface area contributed by atoms with Crippen LogP contribution in [0, 0.1) is 19.7 Å². The fourth-order valence-electron chi connectivity index (χ4n) is 3.84. The van der Waals surface area contributed by atoms with Gasteiger partial charge in [0, 0.05) is 43.0 Å². The van der Waals surface area contributed by atoms with Crippen molar-refractivity contribution in [3.63, 3.8) is 0 Å². The topological polar surface area (TPSA) is 91.9 Å². The predicted molar refractivity (Wildman–Crippen MR) is 115 cm³/mol. The van der Waals surface area contributed by atoms with Gasteiger partial charge in [-0.1, -0.05) is 0 Å². The van der Waals surface area contributed by atoms with Crippen molar-refractivity contribution in [3.05, 3.63) is 58.2 Å². The van der Waals surface area contributed by atoms with Gasteiger partial charge in [-0.15, -0.1) is 0 Å². The van der Waals surface area contributed by atoms with Crippen LogP contribution in [-0.2, 0) is 9.47 Å². The van der Waals surface area contributed by atoms with Crippen molar-refractivity contribution >= 4 is 17.7 Å². The third-order valence-electron chi connectivity index (χ3n) is 5.61. The van der Waals surface area contributed by atoms with Gasteiger partial charge in [0.25, 0.3) is 5.91 Å². The zero-order valence-electron chi connectivity index (χ0n) is 18.6. The van der Waals surface area contributed by atoms with Crippen molar-refractivity contribution in [1.82, 2.24) is 14.8 Å². The van der Waals surface area contributed by atoms with E-state index >= 15 is 0 Å². The first-order valence-corrected chi connectivity index (χ1v) is 10.5. The van der Waals surface area contributed by atoms with Gasteiger partial charge in [-0.25, -0.2) is 9.18 Å². The Bertz CT molecular complexity index is 980. The zero-order valence-corrected chi connectivity index (χ0v) is 18.6. The molecule has 172 valence electrons. The number of aromatic amines is 1. The second-order valence-corrected chi connectivity index (χ2v) is 7.73. The van der Waals surface area contributed by atoms with Gasteiger partial charge < -0.3 is 19.4 Å². The number of hydrogen-bond donors (Lipinski definition) is 1. The van der Waals surface area contributed by atoms with Crippen LogP contribution in [-0.4, -0.2) is 85.5 Å². The number of ether oxygens (including phenoxy) is 2. The number of rotatable bonds is 8. The van der Waals surface area contributed by atoms with Crippen LogP contribution in [0.25, 0.3) is 0 Å². The predicted octanol–water partition coefficient (Wildman–Crippen LogP) is 2.21. The maximum absolute atomic E-state index is 13.3. The molecule has 1 N–H and O–H groups in total. The molecule has 32 heavy (non-hydrogen) atoms. The normalized spacial score (nSPS) is 14.2. The number of aromatic nitrogens is 1. The van der Waals surface area contributed by atoms with E-state index in [0.29, 0.717) is 48.7 Å². The maximum atomic E-state index is 13.3. The van der Waals surface area contributed by atoms with Crippen LogP contribution in [0.2, 0.25) is 0 Å². The molecule has 9 heteroatoms. The Morgan fingerprint density at radius 3 is 2.44 bits per heavy atom. The van der Waals surface area contributed by atoms with Crippen molar-refractivity contribution in [1.29, 1.82) is 0 Å². The fraction of sp³-hybridized carbons (Fsp3) is 0.435. The number of carbonyl (C=O) groups is 3. The highest BCUT2D eigenvalue weighted by molar-refractivity contribution is 6.05.